The van der Waals surface area contributed by atoms with Gasteiger partial charge in [0.15, 0.2) is 0 Å². The Morgan fingerprint density at radius 1 is 1.39 bits per heavy atom. The van der Waals surface area contributed by atoms with Gasteiger partial charge in [0.1, 0.15) is 6.10 Å². The average molecular weight is 266 g/mol. The van der Waals surface area contributed by atoms with E-state index in [2.05, 4.69) is 6.07 Å². The molecule has 1 heterocycles. The van der Waals surface area contributed by atoms with Crippen molar-refractivity contribution in [3.05, 3.63) is 29.8 Å². The van der Waals surface area contributed by atoms with Crippen LogP contribution in [0, 0.1) is 11.3 Å². The lowest BCUT2D eigenvalue weighted by Gasteiger charge is -2.39. The van der Waals surface area contributed by atoms with E-state index in [0.717, 1.165) is 5.69 Å². The molecule has 1 aliphatic rings. The first-order valence-corrected chi connectivity index (χ1v) is 7.28. The van der Waals surface area contributed by atoms with E-state index in [-0.39, 0.29) is 11.9 Å². The maximum absolute atomic E-state index is 11.3. The van der Waals surface area contributed by atoms with Crippen LogP contribution in [-0.2, 0) is 14.3 Å². The van der Waals surface area contributed by atoms with Crippen LogP contribution >= 0.6 is 0 Å². The number of hydrogen-bond acceptors (Lipinski definition) is 5. The van der Waals surface area contributed by atoms with Crippen molar-refractivity contribution < 1.29 is 12.6 Å². The third-order valence-electron chi connectivity index (χ3n) is 2.85. The normalized spacial score (nSPS) is 16.1. The van der Waals surface area contributed by atoms with Crippen molar-refractivity contribution >= 4 is 15.8 Å². The lowest BCUT2D eigenvalue weighted by atomic mass is 10.1. The van der Waals surface area contributed by atoms with Crippen LogP contribution in [0.4, 0.5) is 5.69 Å². The Kier molecular flexibility index (Phi) is 3.55. The van der Waals surface area contributed by atoms with Gasteiger partial charge < -0.3 is 4.90 Å². The van der Waals surface area contributed by atoms with Gasteiger partial charge in [0.2, 0.25) is 0 Å². The standard InChI is InChI=1S/C12H14N2O3S/c1-2-18(15,16)17-12-8-14(9-12)11-5-3-10(7-13)4-6-11/h3-6,12H,2,8-9H2,1H3. The van der Waals surface area contributed by atoms with Crippen molar-refractivity contribution in [3.8, 4) is 6.07 Å². The zero-order valence-corrected chi connectivity index (χ0v) is 10.9. The third kappa shape index (κ3) is 2.81. The predicted octanol–water partition coefficient (Wildman–Crippen LogP) is 1.11. The van der Waals surface area contributed by atoms with Gasteiger partial charge in [0, 0.05) is 18.8 Å². The van der Waals surface area contributed by atoms with Crippen LogP contribution in [0.25, 0.3) is 0 Å². The number of nitriles is 1. The molecule has 0 spiro atoms. The van der Waals surface area contributed by atoms with Crippen molar-refractivity contribution in [3.63, 3.8) is 0 Å². The molecule has 0 radical (unpaired) electrons. The maximum Gasteiger partial charge on any atom is 0.267 e. The Morgan fingerprint density at radius 2 is 2.00 bits per heavy atom. The molecular formula is C12H14N2O3S. The maximum atomic E-state index is 11.3. The van der Waals surface area contributed by atoms with Crippen LogP contribution in [0.1, 0.15) is 12.5 Å². The molecule has 1 fully saturated rings. The van der Waals surface area contributed by atoms with E-state index in [1.807, 2.05) is 17.0 Å². The van der Waals surface area contributed by atoms with E-state index in [1.54, 1.807) is 19.1 Å². The van der Waals surface area contributed by atoms with Crippen LogP contribution in [-0.4, -0.2) is 33.4 Å². The van der Waals surface area contributed by atoms with Gasteiger partial charge in [-0.1, -0.05) is 0 Å². The summed E-state index contributed by atoms with van der Waals surface area (Å²) in [6.45, 7) is 2.68. The molecule has 5 nitrogen and oxygen atoms in total. The monoisotopic (exact) mass is 266 g/mol. The first kappa shape index (κ1) is 12.9. The molecule has 0 aromatic heterocycles. The average Bonchev–Trinajstić information content (AvgIpc) is 2.34. The quantitative estimate of drug-likeness (QED) is 0.764. The highest BCUT2D eigenvalue weighted by atomic mass is 32.2. The topological polar surface area (TPSA) is 70.4 Å². The van der Waals surface area contributed by atoms with Gasteiger partial charge in [0.25, 0.3) is 10.1 Å². The zero-order chi connectivity index (χ0) is 13.2. The fourth-order valence-electron chi connectivity index (χ4n) is 1.73. The number of benzene rings is 1. The summed E-state index contributed by atoms with van der Waals surface area (Å²) in [6, 6.07) is 9.24. The van der Waals surface area contributed by atoms with Gasteiger partial charge in [-0.3, -0.25) is 4.18 Å². The third-order valence-corrected chi connectivity index (χ3v) is 4.12. The first-order chi connectivity index (χ1) is 8.54. The molecular weight excluding hydrogens is 252 g/mol. The van der Waals surface area contributed by atoms with E-state index >= 15 is 0 Å². The molecule has 0 N–H and O–H groups in total. The zero-order valence-electron chi connectivity index (χ0n) is 10.0. The van der Waals surface area contributed by atoms with Gasteiger partial charge in [-0.2, -0.15) is 13.7 Å². The number of hydrogen-bond donors (Lipinski definition) is 0. The second-order valence-electron chi connectivity index (χ2n) is 4.13. The summed E-state index contributed by atoms with van der Waals surface area (Å²) < 4.78 is 27.5. The number of nitrogens with zero attached hydrogens (tertiary/aromatic N) is 2. The molecule has 1 aliphatic heterocycles. The van der Waals surface area contributed by atoms with Gasteiger partial charge in [0.05, 0.1) is 17.4 Å². The molecule has 6 heteroatoms. The summed E-state index contributed by atoms with van der Waals surface area (Å²) in [5.74, 6) is 0.000363. The molecule has 2 rings (SSSR count). The highest BCUT2D eigenvalue weighted by molar-refractivity contribution is 7.86. The molecule has 18 heavy (non-hydrogen) atoms. The van der Waals surface area contributed by atoms with E-state index in [0.29, 0.717) is 18.7 Å². The fourth-order valence-corrected chi connectivity index (χ4v) is 2.40. The highest BCUT2D eigenvalue weighted by Crippen LogP contribution is 2.23. The number of anilines is 1. The highest BCUT2D eigenvalue weighted by Gasteiger charge is 2.31. The molecule has 0 atom stereocenters. The van der Waals surface area contributed by atoms with Crippen LogP contribution < -0.4 is 4.90 Å². The van der Waals surface area contributed by atoms with Crippen molar-refractivity contribution in [2.75, 3.05) is 23.7 Å². The second-order valence-corrected chi connectivity index (χ2v) is 6.01. The minimum atomic E-state index is -3.37. The second kappa shape index (κ2) is 4.96. The van der Waals surface area contributed by atoms with Gasteiger partial charge in [-0.25, -0.2) is 0 Å². The van der Waals surface area contributed by atoms with Crippen LogP contribution in [0.2, 0.25) is 0 Å². The van der Waals surface area contributed by atoms with E-state index in [9.17, 15) is 8.42 Å². The van der Waals surface area contributed by atoms with Crippen molar-refractivity contribution in [1.82, 2.24) is 0 Å². The Labute approximate surface area is 107 Å². The lowest BCUT2D eigenvalue weighted by Crippen LogP contribution is -2.53. The SMILES string of the molecule is CCS(=O)(=O)OC1CN(c2ccc(C#N)cc2)C1. The molecule has 96 valence electrons. The largest absolute Gasteiger partial charge is 0.366 e. The summed E-state index contributed by atoms with van der Waals surface area (Å²) in [5, 5.41) is 8.68. The molecule has 1 aromatic carbocycles. The molecule has 1 aromatic rings. The molecule has 1 saturated heterocycles. The van der Waals surface area contributed by atoms with Gasteiger partial charge in [-0.05, 0) is 31.2 Å². The summed E-state index contributed by atoms with van der Waals surface area (Å²) >= 11 is 0. The molecule has 0 amide bonds. The summed E-state index contributed by atoms with van der Waals surface area (Å²) in [5.41, 5.74) is 1.59. The predicted molar refractivity (Wildman–Crippen MR) is 67.7 cm³/mol. The van der Waals surface area contributed by atoms with Crippen molar-refractivity contribution in [2.24, 2.45) is 0 Å². The number of rotatable bonds is 4. The van der Waals surface area contributed by atoms with Gasteiger partial charge in [-0.15, -0.1) is 0 Å². The minimum Gasteiger partial charge on any atom is -0.366 e. The molecule has 0 aliphatic carbocycles. The lowest BCUT2D eigenvalue weighted by molar-refractivity contribution is 0.175. The van der Waals surface area contributed by atoms with E-state index < -0.39 is 10.1 Å². The Balaban J connectivity index is 1.91. The van der Waals surface area contributed by atoms with Crippen LogP contribution in [0.15, 0.2) is 24.3 Å². The smallest absolute Gasteiger partial charge is 0.267 e. The molecule has 0 unspecified atom stereocenters. The fraction of sp³-hybridized carbons (Fsp3) is 0.417. The Hall–Kier alpha value is -1.58. The minimum absolute atomic E-state index is 0.000363. The Bertz CT molecular complexity index is 554. The van der Waals surface area contributed by atoms with Gasteiger partial charge >= 0.3 is 0 Å². The first-order valence-electron chi connectivity index (χ1n) is 5.70. The van der Waals surface area contributed by atoms with Crippen LogP contribution in [0.3, 0.4) is 0 Å². The summed E-state index contributed by atoms with van der Waals surface area (Å²) in [7, 11) is -3.37. The van der Waals surface area contributed by atoms with E-state index in [1.165, 1.54) is 0 Å². The summed E-state index contributed by atoms with van der Waals surface area (Å²) in [6.07, 6.45) is -0.259. The van der Waals surface area contributed by atoms with Crippen molar-refractivity contribution in [2.45, 2.75) is 13.0 Å². The van der Waals surface area contributed by atoms with Crippen LogP contribution in [0.5, 0.6) is 0 Å². The van der Waals surface area contributed by atoms with E-state index in [4.69, 9.17) is 9.44 Å². The van der Waals surface area contributed by atoms with Crippen molar-refractivity contribution in [1.29, 1.82) is 5.26 Å². The molecule has 0 bridgehead atoms. The molecule has 0 saturated carbocycles. The Morgan fingerprint density at radius 3 is 2.50 bits per heavy atom. The summed E-state index contributed by atoms with van der Waals surface area (Å²) in [4.78, 5) is 2.01.